The van der Waals surface area contributed by atoms with Crippen LogP contribution in [0.3, 0.4) is 0 Å². The van der Waals surface area contributed by atoms with Crippen molar-refractivity contribution >= 4 is 31.6 Å². The van der Waals surface area contributed by atoms with Gasteiger partial charge in [-0.05, 0) is 54.8 Å². The minimum Gasteiger partial charge on any atom is -0.399 e. The number of rotatable bonds is 4. The van der Waals surface area contributed by atoms with Crippen molar-refractivity contribution in [2.75, 3.05) is 5.73 Å². The Balaban J connectivity index is 2.25. The van der Waals surface area contributed by atoms with Crippen molar-refractivity contribution in [3.05, 3.63) is 57.6 Å². The fourth-order valence-corrected chi connectivity index (χ4v) is 3.99. The van der Waals surface area contributed by atoms with Crippen LogP contribution < -0.4 is 10.5 Å². The van der Waals surface area contributed by atoms with Crippen LogP contribution in [-0.2, 0) is 16.6 Å². The van der Waals surface area contributed by atoms with Gasteiger partial charge in [-0.2, -0.15) is 0 Å². The molecule has 0 aliphatic carbocycles. The average molecular weight is 369 g/mol. The van der Waals surface area contributed by atoms with Crippen LogP contribution in [0.1, 0.15) is 16.7 Å². The molecule has 2 aromatic carbocycles. The molecule has 4 nitrogen and oxygen atoms in total. The summed E-state index contributed by atoms with van der Waals surface area (Å²) in [6.07, 6.45) is 0. The number of benzene rings is 2. The zero-order chi connectivity index (χ0) is 15.6. The fourth-order valence-electron chi connectivity index (χ4n) is 2.26. The standard InChI is InChI=1S/C15H17BrN2O2S/c1-10-7-14(17)8-11(2)15(10)21(19,20)18-9-12-3-5-13(16)6-4-12/h3-8,18H,9,17H2,1-2H3. The van der Waals surface area contributed by atoms with Crippen LogP contribution >= 0.6 is 15.9 Å². The van der Waals surface area contributed by atoms with Gasteiger partial charge >= 0.3 is 0 Å². The number of aryl methyl sites for hydroxylation is 2. The van der Waals surface area contributed by atoms with Gasteiger partial charge in [-0.25, -0.2) is 13.1 Å². The Hall–Kier alpha value is -1.37. The van der Waals surface area contributed by atoms with Gasteiger partial charge in [0.15, 0.2) is 0 Å². The Morgan fingerprint density at radius 1 is 1.10 bits per heavy atom. The molecule has 0 aliphatic heterocycles. The molecule has 0 spiro atoms. The summed E-state index contributed by atoms with van der Waals surface area (Å²) in [5.41, 5.74) is 8.49. The van der Waals surface area contributed by atoms with Crippen molar-refractivity contribution in [2.45, 2.75) is 25.3 Å². The van der Waals surface area contributed by atoms with E-state index in [1.165, 1.54) is 0 Å². The predicted octanol–water partition coefficient (Wildman–Crippen LogP) is 3.13. The first-order valence-electron chi connectivity index (χ1n) is 6.40. The van der Waals surface area contributed by atoms with Gasteiger partial charge in [-0.3, -0.25) is 0 Å². The van der Waals surface area contributed by atoms with Crippen molar-refractivity contribution < 1.29 is 8.42 Å². The van der Waals surface area contributed by atoms with E-state index in [4.69, 9.17) is 5.73 Å². The van der Waals surface area contributed by atoms with Crippen LogP contribution in [0.4, 0.5) is 5.69 Å². The van der Waals surface area contributed by atoms with Gasteiger partial charge in [0.2, 0.25) is 10.0 Å². The lowest BCUT2D eigenvalue weighted by atomic mass is 10.1. The molecule has 112 valence electrons. The Morgan fingerprint density at radius 2 is 1.62 bits per heavy atom. The molecule has 0 heterocycles. The molecule has 0 aromatic heterocycles. The summed E-state index contributed by atoms with van der Waals surface area (Å²) >= 11 is 3.35. The van der Waals surface area contributed by atoms with E-state index in [2.05, 4.69) is 20.7 Å². The van der Waals surface area contributed by atoms with Crippen molar-refractivity contribution in [1.82, 2.24) is 4.72 Å². The number of nitrogens with one attached hydrogen (secondary N) is 1. The van der Waals surface area contributed by atoms with E-state index in [9.17, 15) is 8.42 Å². The second-order valence-corrected chi connectivity index (χ2v) is 7.55. The fraction of sp³-hybridized carbons (Fsp3) is 0.200. The number of sulfonamides is 1. The Labute approximate surface area is 133 Å². The predicted molar refractivity (Wildman–Crippen MR) is 88.5 cm³/mol. The van der Waals surface area contributed by atoms with Crippen LogP contribution in [0.2, 0.25) is 0 Å². The van der Waals surface area contributed by atoms with Crippen LogP contribution in [0.15, 0.2) is 45.8 Å². The third-order valence-corrected chi connectivity index (χ3v) is 5.37. The zero-order valence-electron chi connectivity index (χ0n) is 11.9. The molecule has 0 bridgehead atoms. The maximum atomic E-state index is 12.5. The Kier molecular flexibility index (Phi) is 4.70. The summed E-state index contributed by atoms with van der Waals surface area (Å²) in [6.45, 7) is 3.74. The molecule has 0 radical (unpaired) electrons. The molecule has 3 N–H and O–H groups in total. The van der Waals surface area contributed by atoms with Gasteiger partial charge in [0, 0.05) is 16.7 Å². The van der Waals surface area contributed by atoms with Gasteiger partial charge < -0.3 is 5.73 Å². The van der Waals surface area contributed by atoms with E-state index in [1.54, 1.807) is 26.0 Å². The third kappa shape index (κ3) is 3.84. The van der Waals surface area contributed by atoms with Crippen LogP contribution in [0, 0.1) is 13.8 Å². The first kappa shape index (κ1) is 16.0. The van der Waals surface area contributed by atoms with Crippen molar-refractivity contribution in [2.24, 2.45) is 0 Å². The lowest BCUT2D eigenvalue weighted by Gasteiger charge is -2.13. The molecule has 0 saturated heterocycles. The quantitative estimate of drug-likeness (QED) is 0.814. The van der Waals surface area contributed by atoms with Crippen molar-refractivity contribution in [3.8, 4) is 0 Å². The van der Waals surface area contributed by atoms with Gasteiger partial charge in [-0.1, -0.05) is 28.1 Å². The molecule has 0 unspecified atom stereocenters. The van der Waals surface area contributed by atoms with Crippen LogP contribution in [0.5, 0.6) is 0 Å². The molecular weight excluding hydrogens is 352 g/mol. The first-order chi connectivity index (χ1) is 9.79. The molecule has 2 aromatic rings. The number of nitrogen functional groups attached to an aromatic ring is 1. The molecular formula is C15H17BrN2O2S. The molecule has 2 rings (SSSR count). The van der Waals surface area contributed by atoms with E-state index in [0.717, 1.165) is 10.0 Å². The van der Waals surface area contributed by atoms with Gasteiger partial charge in [0.1, 0.15) is 0 Å². The summed E-state index contributed by atoms with van der Waals surface area (Å²) in [4.78, 5) is 0.300. The molecule has 0 fully saturated rings. The largest absolute Gasteiger partial charge is 0.399 e. The third-order valence-electron chi connectivity index (χ3n) is 3.13. The SMILES string of the molecule is Cc1cc(N)cc(C)c1S(=O)(=O)NCc1ccc(Br)cc1. The highest BCUT2D eigenvalue weighted by Gasteiger charge is 2.19. The molecule has 21 heavy (non-hydrogen) atoms. The summed E-state index contributed by atoms with van der Waals surface area (Å²) in [5, 5.41) is 0. The minimum absolute atomic E-state index is 0.249. The number of nitrogens with two attached hydrogens (primary N) is 1. The normalized spacial score (nSPS) is 11.6. The smallest absolute Gasteiger partial charge is 0.241 e. The molecule has 6 heteroatoms. The van der Waals surface area contributed by atoms with Crippen molar-refractivity contribution in [3.63, 3.8) is 0 Å². The number of hydrogen-bond donors (Lipinski definition) is 2. The molecule has 0 atom stereocenters. The maximum absolute atomic E-state index is 12.5. The number of hydrogen-bond acceptors (Lipinski definition) is 3. The summed E-state index contributed by atoms with van der Waals surface area (Å²) in [5.74, 6) is 0. The first-order valence-corrected chi connectivity index (χ1v) is 8.68. The van der Waals surface area contributed by atoms with Crippen LogP contribution in [0.25, 0.3) is 0 Å². The molecule has 0 saturated carbocycles. The van der Waals surface area contributed by atoms with Gasteiger partial charge in [0.05, 0.1) is 4.90 Å². The van der Waals surface area contributed by atoms with E-state index < -0.39 is 10.0 Å². The maximum Gasteiger partial charge on any atom is 0.241 e. The highest BCUT2D eigenvalue weighted by molar-refractivity contribution is 9.10. The van der Waals surface area contributed by atoms with E-state index in [1.807, 2.05) is 24.3 Å². The second-order valence-electron chi connectivity index (χ2n) is 4.93. The molecule has 0 aliphatic rings. The zero-order valence-corrected chi connectivity index (χ0v) is 14.3. The highest BCUT2D eigenvalue weighted by Crippen LogP contribution is 2.23. The van der Waals surface area contributed by atoms with E-state index >= 15 is 0 Å². The highest BCUT2D eigenvalue weighted by atomic mass is 79.9. The monoisotopic (exact) mass is 368 g/mol. The van der Waals surface area contributed by atoms with Crippen LogP contribution in [-0.4, -0.2) is 8.42 Å². The second kappa shape index (κ2) is 6.17. The average Bonchev–Trinajstić information content (AvgIpc) is 2.36. The Bertz CT molecular complexity index is 733. The van der Waals surface area contributed by atoms with Crippen molar-refractivity contribution in [1.29, 1.82) is 0 Å². The number of halogens is 1. The lowest BCUT2D eigenvalue weighted by molar-refractivity contribution is 0.580. The Morgan fingerprint density at radius 3 is 2.14 bits per heavy atom. The lowest BCUT2D eigenvalue weighted by Crippen LogP contribution is -2.25. The van der Waals surface area contributed by atoms with E-state index in [0.29, 0.717) is 21.7 Å². The summed E-state index contributed by atoms with van der Waals surface area (Å²) in [7, 11) is -3.56. The summed E-state index contributed by atoms with van der Waals surface area (Å²) in [6, 6.07) is 10.8. The number of anilines is 1. The van der Waals surface area contributed by atoms with Gasteiger partial charge in [-0.15, -0.1) is 0 Å². The minimum atomic E-state index is -3.56. The summed E-state index contributed by atoms with van der Waals surface area (Å²) < 4.78 is 28.5. The molecule has 0 amide bonds. The van der Waals surface area contributed by atoms with Gasteiger partial charge in [0.25, 0.3) is 0 Å². The topological polar surface area (TPSA) is 72.2 Å². The van der Waals surface area contributed by atoms with E-state index in [-0.39, 0.29) is 6.54 Å².